The Hall–Kier alpha value is -2.22. The number of ether oxygens (including phenoxy) is 2. The molecule has 3 fully saturated rings. The molecule has 4 heterocycles. The van der Waals surface area contributed by atoms with Crippen molar-refractivity contribution in [3.63, 3.8) is 0 Å². The highest BCUT2D eigenvalue weighted by atomic mass is 32.1. The number of hydrogen-bond donors (Lipinski definition) is 1. The minimum Gasteiger partial charge on any atom is -0.496 e. The van der Waals surface area contributed by atoms with Crippen LogP contribution in [0.15, 0.2) is 35.7 Å². The maximum Gasteiger partial charge on any atom is 0.157 e. The summed E-state index contributed by atoms with van der Waals surface area (Å²) in [6, 6.07) is 10.7. The maximum absolute atomic E-state index is 5.57. The first-order chi connectivity index (χ1) is 16.3. The summed E-state index contributed by atoms with van der Waals surface area (Å²) in [6.07, 6.45) is 4.93. The molecule has 1 aliphatic carbocycles. The summed E-state index contributed by atoms with van der Waals surface area (Å²) >= 11 is 1.72. The van der Waals surface area contributed by atoms with Crippen LogP contribution < -0.4 is 10.1 Å². The number of nitrogens with zero attached hydrogens (tertiary/aromatic N) is 3. The second-order valence-corrected chi connectivity index (χ2v) is 10.8. The lowest BCUT2D eigenvalue weighted by atomic mass is 10.00. The number of methoxy groups -OCH3 is 1. The van der Waals surface area contributed by atoms with Gasteiger partial charge in [0.15, 0.2) is 5.82 Å². The van der Waals surface area contributed by atoms with E-state index in [2.05, 4.69) is 37.9 Å². The summed E-state index contributed by atoms with van der Waals surface area (Å²) in [5.41, 5.74) is 1.89. The summed E-state index contributed by atoms with van der Waals surface area (Å²) < 4.78 is 12.3. The van der Waals surface area contributed by atoms with Crippen molar-refractivity contribution in [2.45, 2.75) is 31.7 Å². The van der Waals surface area contributed by atoms with E-state index >= 15 is 0 Å². The first kappa shape index (κ1) is 21.3. The zero-order valence-electron chi connectivity index (χ0n) is 19.2. The van der Waals surface area contributed by atoms with E-state index in [1.165, 1.54) is 45.3 Å². The first-order valence-electron chi connectivity index (χ1n) is 12.2. The molecule has 7 heteroatoms. The van der Waals surface area contributed by atoms with Gasteiger partial charge >= 0.3 is 0 Å². The average Bonchev–Trinajstić information content (AvgIpc) is 3.55. The van der Waals surface area contributed by atoms with E-state index in [0.29, 0.717) is 6.04 Å². The summed E-state index contributed by atoms with van der Waals surface area (Å²) in [5.74, 6) is 4.20. The van der Waals surface area contributed by atoms with Crippen molar-refractivity contribution in [2.24, 2.45) is 17.8 Å². The summed E-state index contributed by atoms with van der Waals surface area (Å²) in [5, 5.41) is 16.4. The number of rotatable bonds is 6. The minimum absolute atomic E-state index is 0.486. The van der Waals surface area contributed by atoms with Gasteiger partial charge in [-0.3, -0.25) is 0 Å². The highest BCUT2D eigenvalue weighted by molar-refractivity contribution is 7.17. The Labute approximate surface area is 199 Å². The van der Waals surface area contributed by atoms with E-state index < -0.39 is 0 Å². The molecule has 3 aliphatic rings. The topological polar surface area (TPSA) is 59.5 Å². The number of hydrogen-bond acceptors (Lipinski definition) is 7. The summed E-state index contributed by atoms with van der Waals surface area (Å²) in [6.45, 7) is 5.68. The van der Waals surface area contributed by atoms with Gasteiger partial charge in [0.1, 0.15) is 11.4 Å². The van der Waals surface area contributed by atoms with Gasteiger partial charge < -0.3 is 19.7 Å². The molecule has 1 aromatic carbocycles. The van der Waals surface area contributed by atoms with E-state index in [-0.39, 0.29) is 0 Å². The van der Waals surface area contributed by atoms with Crippen LogP contribution in [0.3, 0.4) is 0 Å². The predicted molar refractivity (Wildman–Crippen MR) is 133 cm³/mol. The lowest BCUT2D eigenvalue weighted by Crippen LogP contribution is -2.32. The van der Waals surface area contributed by atoms with Gasteiger partial charge in [-0.05, 0) is 67.0 Å². The molecule has 1 unspecified atom stereocenters. The summed E-state index contributed by atoms with van der Waals surface area (Å²) in [4.78, 5) is 2.72. The maximum atomic E-state index is 5.57. The second kappa shape index (κ2) is 9.20. The van der Waals surface area contributed by atoms with Gasteiger partial charge in [-0.1, -0.05) is 12.1 Å². The Kier molecular flexibility index (Phi) is 5.94. The van der Waals surface area contributed by atoms with Crippen LogP contribution in [-0.4, -0.2) is 61.1 Å². The SMILES string of the molecule is COc1ccccc1-c1nnc(N[C@@H]2CC3CN(CC4CCOCC4)C[C@H]3C2)c2ccsc12. The predicted octanol–water partition coefficient (Wildman–Crippen LogP) is 4.92. The van der Waals surface area contributed by atoms with Crippen molar-refractivity contribution < 1.29 is 9.47 Å². The van der Waals surface area contributed by atoms with E-state index in [4.69, 9.17) is 9.47 Å². The fourth-order valence-corrected chi connectivity index (χ4v) is 7.05. The van der Waals surface area contributed by atoms with Gasteiger partial charge in [-0.25, -0.2) is 0 Å². The number of thiophene rings is 1. The highest BCUT2D eigenvalue weighted by Crippen LogP contribution is 2.42. The zero-order chi connectivity index (χ0) is 22.2. The number of benzene rings is 1. The molecule has 3 atom stereocenters. The lowest BCUT2D eigenvalue weighted by molar-refractivity contribution is 0.0545. The van der Waals surface area contributed by atoms with E-state index in [1.54, 1.807) is 18.4 Å². The lowest BCUT2D eigenvalue weighted by Gasteiger charge is -2.27. The van der Waals surface area contributed by atoms with Crippen LogP contribution in [-0.2, 0) is 4.74 Å². The van der Waals surface area contributed by atoms with Gasteiger partial charge in [-0.2, -0.15) is 0 Å². The molecule has 0 radical (unpaired) electrons. The molecule has 0 spiro atoms. The number of nitrogens with one attached hydrogen (secondary N) is 1. The molecular weight excluding hydrogens is 432 g/mol. The zero-order valence-corrected chi connectivity index (χ0v) is 20.0. The molecule has 2 aromatic heterocycles. The molecule has 2 saturated heterocycles. The van der Waals surface area contributed by atoms with Gasteiger partial charge in [0.05, 0.1) is 11.8 Å². The Bertz CT molecular complexity index is 1100. The Balaban J connectivity index is 1.14. The molecule has 6 rings (SSSR count). The molecule has 1 N–H and O–H groups in total. The van der Waals surface area contributed by atoms with Crippen molar-refractivity contribution in [3.05, 3.63) is 35.7 Å². The third-order valence-electron chi connectivity index (χ3n) is 7.77. The first-order valence-corrected chi connectivity index (χ1v) is 13.1. The fraction of sp³-hybridized carbons (Fsp3) is 0.538. The standard InChI is InChI=1S/C26H32N4O2S/c1-31-23-5-3-2-4-21(23)24-25-22(8-11-33-25)26(29-28-24)27-20-12-18-15-30(16-19(18)13-20)14-17-6-9-32-10-7-17/h2-5,8,11,17-20H,6-7,9-10,12-16H2,1H3,(H,27,29)/t18-,19?,20+/m1/s1. The highest BCUT2D eigenvalue weighted by Gasteiger charge is 2.41. The molecule has 6 nitrogen and oxygen atoms in total. The van der Waals surface area contributed by atoms with Crippen molar-refractivity contribution >= 4 is 27.2 Å². The van der Waals surface area contributed by atoms with Gasteiger partial charge in [0.25, 0.3) is 0 Å². The van der Waals surface area contributed by atoms with Crippen molar-refractivity contribution in [1.82, 2.24) is 15.1 Å². The summed E-state index contributed by atoms with van der Waals surface area (Å²) in [7, 11) is 1.70. The average molecular weight is 465 g/mol. The van der Waals surface area contributed by atoms with Crippen molar-refractivity contribution in [2.75, 3.05) is 45.3 Å². The molecule has 0 bridgehead atoms. The quantitative estimate of drug-likeness (QED) is 0.559. The van der Waals surface area contributed by atoms with Crippen LogP contribution in [0.2, 0.25) is 0 Å². The van der Waals surface area contributed by atoms with Crippen LogP contribution >= 0.6 is 11.3 Å². The normalized spacial score (nSPS) is 26.0. The Morgan fingerprint density at radius 1 is 1.09 bits per heavy atom. The monoisotopic (exact) mass is 464 g/mol. The molecule has 0 amide bonds. The molecule has 2 aliphatic heterocycles. The van der Waals surface area contributed by atoms with Gasteiger partial charge in [-0.15, -0.1) is 21.5 Å². The number of para-hydroxylation sites is 1. The molecular formula is C26H32N4O2S. The van der Waals surface area contributed by atoms with Crippen LogP contribution in [0.4, 0.5) is 5.82 Å². The van der Waals surface area contributed by atoms with Crippen LogP contribution in [0.5, 0.6) is 5.75 Å². The Morgan fingerprint density at radius 2 is 1.88 bits per heavy atom. The second-order valence-electron chi connectivity index (χ2n) is 9.87. The van der Waals surface area contributed by atoms with Crippen LogP contribution in [0, 0.1) is 17.8 Å². The number of fused-ring (bicyclic) bond motifs is 2. The third kappa shape index (κ3) is 4.22. The molecule has 33 heavy (non-hydrogen) atoms. The minimum atomic E-state index is 0.486. The molecule has 3 aromatic rings. The number of likely N-dealkylation sites (tertiary alicyclic amines) is 1. The molecule has 1 saturated carbocycles. The van der Waals surface area contributed by atoms with Crippen molar-refractivity contribution in [3.8, 4) is 17.0 Å². The third-order valence-corrected chi connectivity index (χ3v) is 8.69. The van der Waals surface area contributed by atoms with Crippen LogP contribution in [0.1, 0.15) is 25.7 Å². The fourth-order valence-electron chi connectivity index (χ4n) is 6.15. The van der Waals surface area contributed by atoms with E-state index in [9.17, 15) is 0 Å². The number of aromatic nitrogens is 2. The van der Waals surface area contributed by atoms with Crippen molar-refractivity contribution in [1.29, 1.82) is 0 Å². The number of anilines is 1. The van der Waals surface area contributed by atoms with E-state index in [1.807, 2.05) is 18.2 Å². The Morgan fingerprint density at radius 3 is 2.67 bits per heavy atom. The van der Waals surface area contributed by atoms with Gasteiger partial charge in [0, 0.05) is 49.8 Å². The smallest absolute Gasteiger partial charge is 0.157 e. The van der Waals surface area contributed by atoms with Crippen LogP contribution in [0.25, 0.3) is 21.3 Å². The largest absolute Gasteiger partial charge is 0.496 e. The molecule has 174 valence electrons. The van der Waals surface area contributed by atoms with E-state index in [0.717, 1.165) is 63.9 Å². The van der Waals surface area contributed by atoms with Gasteiger partial charge in [0.2, 0.25) is 0 Å².